The minimum Gasteiger partial charge on any atom is -0.299 e. The topological polar surface area (TPSA) is 58.1 Å². The van der Waals surface area contributed by atoms with E-state index in [1.54, 1.807) is 0 Å². The number of carbonyl (C=O) groups excluding carboxylic acids is 1. The maximum Gasteiger partial charge on any atom is 0.258 e. The highest BCUT2D eigenvalue weighted by Crippen LogP contribution is 2.31. The van der Waals surface area contributed by atoms with Gasteiger partial charge in [0.05, 0.1) is 16.8 Å². The predicted molar refractivity (Wildman–Crippen MR) is 139 cm³/mol. The van der Waals surface area contributed by atoms with Gasteiger partial charge in [-0.1, -0.05) is 61.5 Å². The van der Waals surface area contributed by atoms with Crippen molar-refractivity contribution in [3.05, 3.63) is 88.9 Å². The molecule has 1 aliphatic rings. The highest BCUT2D eigenvalue weighted by molar-refractivity contribution is 7.14. The van der Waals surface area contributed by atoms with Crippen LogP contribution in [0, 0.1) is 0 Å². The van der Waals surface area contributed by atoms with E-state index in [1.807, 2.05) is 41.8 Å². The number of amides is 1. The lowest BCUT2D eigenvalue weighted by atomic mass is 9.95. The highest BCUT2D eigenvalue weighted by atomic mass is 32.1. The van der Waals surface area contributed by atoms with Crippen LogP contribution in [0.3, 0.4) is 0 Å². The summed E-state index contributed by atoms with van der Waals surface area (Å²) in [5.74, 6) is -0.118. The molecular formula is C28H24N4OS. The Balaban J connectivity index is 1.35. The van der Waals surface area contributed by atoms with Crippen LogP contribution in [-0.4, -0.2) is 33.9 Å². The number of hydrogen-bond acceptors (Lipinski definition) is 5. The molecule has 34 heavy (non-hydrogen) atoms. The summed E-state index contributed by atoms with van der Waals surface area (Å²) in [7, 11) is 0. The lowest BCUT2D eigenvalue weighted by Gasteiger charge is -2.29. The molecule has 0 atom stereocenters. The van der Waals surface area contributed by atoms with Gasteiger partial charge in [0.1, 0.15) is 0 Å². The predicted octanol–water partition coefficient (Wildman–Crippen LogP) is 6.14. The Morgan fingerprint density at radius 3 is 2.74 bits per heavy atom. The molecule has 5 aromatic rings. The number of hydrogen-bond donors (Lipinski definition) is 1. The van der Waals surface area contributed by atoms with E-state index in [0.29, 0.717) is 5.13 Å². The number of para-hydroxylation sites is 1. The maximum absolute atomic E-state index is 13.6. The van der Waals surface area contributed by atoms with Gasteiger partial charge < -0.3 is 0 Å². The van der Waals surface area contributed by atoms with Crippen molar-refractivity contribution in [3.63, 3.8) is 0 Å². The fraction of sp³-hybridized carbons (Fsp3) is 0.179. The number of likely N-dealkylation sites (N-methyl/N-ethyl adjacent to an activating group) is 1. The Hall–Kier alpha value is -3.61. The van der Waals surface area contributed by atoms with Crippen molar-refractivity contribution in [2.75, 3.05) is 18.4 Å². The number of nitrogens with one attached hydrogen (secondary N) is 1. The van der Waals surface area contributed by atoms with Gasteiger partial charge in [0, 0.05) is 47.1 Å². The minimum absolute atomic E-state index is 0.118. The van der Waals surface area contributed by atoms with Crippen LogP contribution in [0.1, 0.15) is 28.5 Å². The van der Waals surface area contributed by atoms with Gasteiger partial charge in [-0.2, -0.15) is 0 Å². The lowest BCUT2D eigenvalue weighted by Crippen LogP contribution is -2.33. The van der Waals surface area contributed by atoms with E-state index in [0.717, 1.165) is 65.0 Å². The summed E-state index contributed by atoms with van der Waals surface area (Å²) in [4.78, 5) is 25.6. The molecular weight excluding hydrogens is 440 g/mol. The quantitative estimate of drug-likeness (QED) is 0.347. The standard InChI is InChI=1S/C28H24N4OS/c1-2-32-14-13-24-22(16-32)26(21-9-5-6-10-23(21)29-24)27(33)31-28-30-25(17-34-28)20-12-11-18-7-3-4-8-19(18)15-20/h3-12,15,17H,2,13-14,16H2,1H3,(H,30,31,33). The normalized spacial score (nSPS) is 13.8. The van der Waals surface area contributed by atoms with Crippen LogP contribution < -0.4 is 5.32 Å². The van der Waals surface area contributed by atoms with E-state index in [1.165, 1.54) is 22.1 Å². The number of pyridine rings is 1. The van der Waals surface area contributed by atoms with Gasteiger partial charge >= 0.3 is 0 Å². The highest BCUT2D eigenvalue weighted by Gasteiger charge is 2.25. The molecule has 3 aromatic carbocycles. The van der Waals surface area contributed by atoms with Crippen LogP contribution in [0.5, 0.6) is 0 Å². The van der Waals surface area contributed by atoms with E-state index in [9.17, 15) is 4.79 Å². The summed E-state index contributed by atoms with van der Waals surface area (Å²) >= 11 is 1.45. The van der Waals surface area contributed by atoms with Gasteiger partial charge in [-0.3, -0.25) is 20.0 Å². The first-order chi connectivity index (χ1) is 16.7. The molecule has 3 heterocycles. The first kappa shape index (κ1) is 21.0. The summed E-state index contributed by atoms with van der Waals surface area (Å²) in [6, 6.07) is 22.5. The van der Waals surface area contributed by atoms with Crippen molar-refractivity contribution in [2.24, 2.45) is 0 Å². The van der Waals surface area contributed by atoms with E-state index in [4.69, 9.17) is 9.97 Å². The molecule has 1 N–H and O–H groups in total. The van der Waals surface area contributed by atoms with Crippen LogP contribution >= 0.6 is 11.3 Å². The first-order valence-electron chi connectivity index (χ1n) is 11.6. The molecule has 0 radical (unpaired) electrons. The van der Waals surface area contributed by atoms with Crippen molar-refractivity contribution < 1.29 is 4.79 Å². The molecule has 0 saturated heterocycles. The largest absolute Gasteiger partial charge is 0.299 e. The van der Waals surface area contributed by atoms with Crippen molar-refractivity contribution in [1.29, 1.82) is 0 Å². The molecule has 0 fully saturated rings. The maximum atomic E-state index is 13.6. The molecule has 0 saturated carbocycles. The van der Waals surface area contributed by atoms with Gasteiger partial charge in [-0.15, -0.1) is 11.3 Å². The molecule has 0 aliphatic carbocycles. The fourth-order valence-corrected chi connectivity index (χ4v) is 5.46. The number of nitrogens with zero attached hydrogens (tertiary/aromatic N) is 3. The Morgan fingerprint density at radius 2 is 1.85 bits per heavy atom. The zero-order valence-corrected chi connectivity index (χ0v) is 19.7. The molecule has 1 aliphatic heterocycles. The summed E-state index contributed by atoms with van der Waals surface area (Å²) in [6.45, 7) is 4.82. The summed E-state index contributed by atoms with van der Waals surface area (Å²) in [5, 5.41) is 8.95. The van der Waals surface area contributed by atoms with Gasteiger partial charge in [0.2, 0.25) is 0 Å². The molecule has 6 heteroatoms. The summed E-state index contributed by atoms with van der Waals surface area (Å²) in [5.41, 5.74) is 5.57. The van der Waals surface area contributed by atoms with E-state index >= 15 is 0 Å². The molecule has 6 rings (SSSR count). The van der Waals surface area contributed by atoms with Crippen molar-refractivity contribution in [2.45, 2.75) is 19.9 Å². The van der Waals surface area contributed by atoms with Crippen molar-refractivity contribution >= 4 is 44.1 Å². The zero-order valence-electron chi connectivity index (χ0n) is 18.9. The van der Waals surface area contributed by atoms with Gasteiger partial charge in [-0.05, 0) is 29.4 Å². The van der Waals surface area contributed by atoms with Gasteiger partial charge in [0.15, 0.2) is 5.13 Å². The second kappa shape index (κ2) is 8.63. The van der Waals surface area contributed by atoms with E-state index in [2.05, 4.69) is 47.5 Å². The van der Waals surface area contributed by atoms with Crippen LogP contribution in [0.2, 0.25) is 0 Å². The number of benzene rings is 3. The van der Waals surface area contributed by atoms with E-state index in [-0.39, 0.29) is 5.91 Å². The van der Waals surface area contributed by atoms with E-state index < -0.39 is 0 Å². The number of carbonyl (C=O) groups is 1. The summed E-state index contributed by atoms with van der Waals surface area (Å²) < 4.78 is 0. The van der Waals surface area contributed by atoms with Gasteiger partial charge in [0.25, 0.3) is 5.91 Å². The number of rotatable bonds is 4. The van der Waals surface area contributed by atoms with Crippen molar-refractivity contribution in [3.8, 4) is 11.3 Å². The molecule has 1 amide bonds. The fourth-order valence-electron chi connectivity index (χ4n) is 4.75. The zero-order chi connectivity index (χ0) is 23.1. The Kier molecular flexibility index (Phi) is 5.32. The second-order valence-electron chi connectivity index (χ2n) is 8.60. The van der Waals surface area contributed by atoms with Crippen LogP contribution in [-0.2, 0) is 13.0 Å². The lowest BCUT2D eigenvalue weighted by molar-refractivity contribution is 0.102. The smallest absolute Gasteiger partial charge is 0.258 e. The Morgan fingerprint density at radius 1 is 1.03 bits per heavy atom. The second-order valence-corrected chi connectivity index (χ2v) is 9.46. The molecule has 0 bridgehead atoms. The average Bonchev–Trinajstić information content (AvgIpc) is 3.35. The van der Waals surface area contributed by atoms with Gasteiger partial charge in [-0.25, -0.2) is 4.98 Å². The Bertz CT molecular complexity index is 1540. The first-order valence-corrected chi connectivity index (χ1v) is 12.5. The molecule has 2 aromatic heterocycles. The SMILES string of the molecule is CCN1CCc2nc3ccccc3c(C(=O)Nc3nc(-c4ccc5ccccc5c4)cs3)c2C1. The Labute approximate surface area is 202 Å². The van der Waals surface area contributed by atoms with Crippen LogP contribution in [0.4, 0.5) is 5.13 Å². The third kappa shape index (κ3) is 3.75. The van der Waals surface area contributed by atoms with Crippen LogP contribution in [0.15, 0.2) is 72.1 Å². The number of thiazole rings is 1. The summed E-state index contributed by atoms with van der Waals surface area (Å²) in [6.07, 6.45) is 0.859. The number of aromatic nitrogens is 2. The monoisotopic (exact) mass is 464 g/mol. The van der Waals surface area contributed by atoms with Crippen molar-refractivity contribution in [1.82, 2.24) is 14.9 Å². The average molecular weight is 465 g/mol. The number of anilines is 1. The molecule has 168 valence electrons. The molecule has 0 unspecified atom stereocenters. The molecule has 0 spiro atoms. The third-order valence-corrected chi connectivity index (χ3v) is 7.33. The number of fused-ring (bicyclic) bond motifs is 3. The van der Waals surface area contributed by atoms with Crippen LogP contribution in [0.25, 0.3) is 32.9 Å². The third-order valence-electron chi connectivity index (χ3n) is 6.57. The minimum atomic E-state index is -0.118. The molecule has 5 nitrogen and oxygen atoms in total.